The van der Waals surface area contributed by atoms with Crippen molar-refractivity contribution >= 4 is 16.9 Å². The number of hydrogen-bond donors (Lipinski definition) is 2. The van der Waals surface area contributed by atoms with Crippen LogP contribution in [0.5, 0.6) is 0 Å². The van der Waals surface area contributed by atoms with Gasteiger partial charge in [0.1, 0.15) is 6.54 Å². The number of aromatic nitrogens is 2. The van der Waals surface area contributed by atoms with Crippen LogP contribution in [0, 0.1) is 0 Å². The molecular weight excluding hydrogens is 218 g/mol. The van der Waals surface area contributed by atoms with Crippen molar-refractivity contribution in [1.29, 1.82) is 0 Å². The van der Waals surface area contributed by atoms with Crippen molar-refractivity contribution in [3.05, 3.63) is 30.6 Å². The molecule has 5 nitrogen and oxygen atoms in total. The Morgan fingerprint density at radius 2 is 2.29 bits per heavy atom. The molecule has 0 aliphatic carbocycles. The molecule has 1 atom stereocenters. The van der Waals surface area contributed by atoms with E-state index < -0.39 is 0 Å². The number of nitrogens with one attached hydrogen (secondary N) is 1. The predicted octanol–water partition coefficient (Wildman–Crippen LogP) is 0.533. The molecule has 2 rings (SSSR count). The molecule has 17 heavy (non-hydrogen) atoms. The molecule has 0 saturated carbocycles. The normalized spacial score (nSPS) is 12.6. The minimum absolute atomic E-state index is 0.0591. The summed E-state index contributed by atoms with van der Waals surface area (Å²) in [4.78, 5) is 15.9. The second-order valence-corrected chi connectivity index (χ2v) is 4.01. The number of imidazole rings is 1. The third kappa shape index (κ3) is 2.62. The number of nitrogens with zero attached hydrogens (tertiary/aromatic N) is 2. The van der Waals surface area contributed by atoms with Crippen LogP contribution in [0.3, 0.4) is 0 Å². The minimum atomic E-state index is -0.225. The lowest BCUT2D eigenvalue weighted by atomic mass is 10.3. The number of hydrogen-bond acceptors (Lipinski definition) is 3. The Bertz CT molecular complexity index is 521. The van der Waals surface area contributed by atoms with Crippen molar-refractivity contribution in [2.45, 2.75) is 19.5 Å². The fraction of sp³-hybridized carbons (Fsp3) is 0.333. The number of aliphatic hydroxyl groups excluding tert-OH is 1. The number of amides is 1. The van der Waals surface area contributed by atoms with Crippen LogP contribution in [0.4, 0.5) is 0 Å². The van der Waals surface area contributed by atoms with Gasteiger partial charge in [-0.05, 0) is 19.1 Å². The molecule has 0 fully saturated rings. The van der Waals surface area contributed by atoms with Gasteiger partial charge in [0, 0.05) is 6.04 Å². The first-order valence-corrected chi connectivity index (χ1v) is 5.51. The third-order valence-corrected chi connectivity index (χ3v) is 2.52. The van der Waals surface area contributed by atoms with E-state index in [2.05, 4.69) is 10.3 Å². The fourth-order valence-electron chi connectivity index (χ4n) is 1.66. The van der Waals surface area contributed by atoms with Crippen molar-refractivity contribution < 1.29 is 9.90 Å². The molecule has 0 radical (unpaired) electrons. The van der Waals surface area contributed by atoms with Crippen molar-refractivity contribution in [2.24, 2.45) is 0 Å². The van der Waals surface area contributed by atoms with Gasteiger partial charge < -0.3 is 15.0 Å². The summed E-state index contributed by atoms with van der Waals surface area (Å²) in [5.41, 5.74) is 1.80. The Labute approximate surface area is 99.1 Å². The Morgan fingerprint density at radius 3 is 3.06 bits per heavy atom. The molecule has 1 amide bonds. The number of rotatable bonds is 4. The van der Waals surface area contributed by atoms with Crippen LogP contribution in [0.2, 0.25) is 0 Å². The molecule has 0 aliphatic rings. The number of para-hydroxylation sites is 2. The van der Waals surface area contributed by atoms with Crippen LogP contribution < -0.4 is 5.32 Å². The largest absolute Gasteiger partial charge is 0.394 e. The average Bonchev–Trinajstić information content (AvgIpc) is 2.72. The van der Waals surface area contributed by atoms with E-state index in [1.54, 1.807) is 17.8 Å². The maximum atomic E-state index is 11.7. The number of carbonyl (C=O) groups is 1. The van der Waals surface area contributed by atoms with E-state index in [0.717, 1.165) is 11.0 Å². The number of aliphatic hydroxyl groups is 1. The van der Waals surface area contributed by atoms with E-state index in [1.807, 2.05) is 24.3 Å². The summed E-state index contributed by atoms with van der Waals surface area (Å²) in [5, 5.41) is 11.5. The van der Waals surface area contributed by atoms with Gasteiger partial charge in [0.15, 0.2) is 0 Å². The van der Waals surface area contributed by atoms with Crippen LogP contribution in [0.1, 0.15) is 6.92 Å². The maximum absolute atomic E-state index is 11.7. The highest BCUT2D eigenvalue weighted by Gasteiger charge is 2.08. The SMILES string of the molecule is C[C@H](CO)NC(=O)Cn1cnc2ccccc21. The summed E-state index contributed by atoms with van der Waals surface area (Å²) in [6, 6.07) is 7.42. The first-order valence-electron chi connectivity index (χ1n) is 5.51. The lowest BCUT2D eigenvalue weighted by Crippen LogP contribution is -2.37. The molecule has 2 aromatic rings. The summed E-state index contributed by atoms with van der Waals surface area (Å²) in [5.74, 6) is -0.130. The number of carbonyl (C=O) groups excluding carboxylic acids is 1. The van der Waals surface area contributed by atoms with Crippen LogP contribution in [0.25, 0.3) is 11.0 Å². The summed E-state index contributed by atoms with van der Waals surface area (Å²) in [7, 11) is 0. The molecule has 0 saturated heterocycles. The van der Waals surface area contributed by atoms with Gasteiger partial charge >= 0.3 is 0 Å². The zero-order valence-electron chi connectivity index (χ0n) is 9.63. The summed E-state index contributed by atoms with van der Waals surface area (Å²) in [6.07, 6.45) is 1.65. The van der Waals surface area contributed by atoms with Gasteiger partial charge in [-0.3, -0.25) is 4.79 Å². The van der Waals surface area contributed by atoms with E-state index in [0.29, 0.717) is 0 Å². The molecule has 1 heterocycles. The first-order chi connectivity index (χ1) is 8.20. The Kier molecular flexibility index (Phi) is 3.39. The van der Waals surface area contributed by atoms with Crippen molar-refractivity contribution in [3.8, 4) is 0 Å². The smallest absolute Gasteiger partial charge is 0.240 e. The van der Waals surface area contributed by atoms with Crippen LogP contribution in [0.15, 0.2) is 30.6 Å². The summed E-state index contributed by atoms with van der Waals surface area (Å²) >= 11 is 0. The molecule has 1 aromatic heterocycles. The fourth-order valence-corrected chi connectivity index (χ4v) is 1.66. The Morgan fingerprint density at radius 1 is 1.53 bits per heavy atom. The second-order valence-electron chi connectivity index (χ2n) is 4.01. The van der Waals surface area contributed by atoms with E-state index in [4.69, 9.17) is 5.11 Å². The molecule has 1 aromatic carbocycles. The summed E-state index contributed by atoms with van der Waals surface area (Å²) < 4.78 is 1.79. The highest BCUT2D eigenvalue weighted by molar-refractivity contribution is 5.80. The van der Waals surface area contributed by atoms with Crippen molar-refractivity contribution in [1.82, 2.24) is 14.9 Å². The topological polar surface area (TPSA) is 67.2 Å². The van der Waals surface area contributed by atoms with Gasteiger partial charge in [0.25, 0.3) is 0 Å². The summed E-state index contributed by atoms with van der Waals surface area (Å²) in [6.45, 7) is 1.91. The lowest BCUT2D eigenvalue weighted by Gasteiger charge is -2.11. The first kappa shape index (κ1) is 11.6. The molecule has 90 valence electrons. The van der Waals surface area contributed by atoms with E-state index in [9.17, 15) is 4.79 Å². The van der Waals surface area contributed by atoms with Crippen LogP contribution in [-0.2, 0) is 11.3 Å². The van der Waals surface area contributed by atoms with E-state index in [1.165, 1.54) is 0 Å². The van der Waals surface area contributed by atoms with Crippen molar-refractivity contribution in [2.75, 3.05) is 6.61 Å². The standard InChI is InChI=1S/C12H15N3O2/c1-9(7-16)14-12(17)6-15-8-13-10-4-2-3-5-11(10)15/h2-5,8-9,16H,6-7H2,1H3,(H,14,17)/t9-/m1/s1. The highest BCUT2D eigenvalue weighted by Crippen LogP contribution is 2.11. The second kappa shape index (κ2) is 4.97. The molecule has 0 unspecified atom stereocenters. The van der Waals surface area contributed by atoms with Gasteiger partial charge in [-0.25, -0.2) is 4.98 Å². The average molecular weight is 233 g/mol. The number of benzene rings is 1. The third-order valence-electron chi connectivity index (χ3n) is 2.52. The molecule has 0 bridgehead atoms. The highest BCUT2D eigenvalue weighted by atomic mass is 16.3. The van der Waals surface area contributed by atoms with Crippen LogP contribution >= 0.6 is 0 Å². The lowest BCUT2D eigenvalue weighted by molar-refractivity contribution is -0.122. The molecule has 2 N–H and O–H groups in total. The molecule has 5 heteroatoms. The maximum Gasteiger partial charge on any atom is 0.240 e. The van der Waals surface area contributed by atoms with E-state index in [-0.39, 0.29) is 25.1 Å². The quantitative estimate of drug-likeness (QED) is 0.809. The van der Waals surface area contributed by atoms with Gasteiger partial charge in [0.05, 0.1) is 24.0 Å². The van der Waals surface area contributed by atoms with Gasteiger partial charge in [-0.15, -0.1) is 0 Å². The predicted molar refractivity (Wildman–Crippen MR) is 64.4 cm³/mol. The zero-order valence-corrected chi connectivity index (χ0v) is 9.63. The number of fused-ring (bicyclic) bond motifs is 1. The monoisotopic (exact) mass is 233 g/mol. The van der Waals surface area contributed by atoms with Gasteiger partial charge in [-0.1, -0.05) is 12.1 Å². The van der Waals surface area contributed by atoms with E-state index >= 15 is 0 Å². The molecule has 0 spiro atoms. The Balaban J connectivity index is 2.11. The zero-order chi connectivity index (χ0) is 12.3. The van der Waals surface area contributed by atoms with Crippen molar-refractivity contribution in [3.63, 3.8) is 0 Å². The molecular formula is C12H15N3O2. The van der Waals surface area contributed by atoms with Gasteiger partial charge in [0.2, 0.25) is 5.91 Å². The van der Waals surface area contributed by atoms with Gasteiger partial charge in [-0.2, -0.15) is 0 Å². The Hall–Kier alpha value is -1.88. The van der Waals surface area contributed by atoms with Crippen LogP contribution in [-0.4, -0.2) is 33.2 Å². The minimum Gasteiger partial charge on any atom is -0.394 e. The molecule has 0 aliphatic heterocycles.